The molecule has 2 aromatic rings. The highest BCUT2D eigenvalue weighted by Gasteiger charge is 2.24. The zero-order valence-corrected chi connectivity index (χ0v) is 24.1. The smallest absolute Gasteiger partial charge is 0.421 e. The number of unbranched alkanes of at least 4 members (excludes halogenated alkanes) is 16. The predicted octanol–water partition coefficient (Wildman–Crippen LogP) is 7.76. The van der Waals surface area contributed by atoms with Crippen molar-refractivity contribution in [2.24, 2.45) is 5.92 Å². The van der Waals surface area contributed by atoms with Crippen LogP contribution in [0, 0.1) is 5.92 Å². The third-order valence-electron chi connectivity index (χ3n) is 7.94. The summed E-state index contributed by atoms with van der Waals surface area (Å²) < 4.78 is 2.02. The largest absolute Gasteiger partial charge is 0.526 e. The molecule has 1 atom stereocenters. The number of imidazole rings is 1. The maximum Gasteiger partial charge on any atom is 0.526 e. The molecule has 0 saturated carbocycles. The van der Waals surface area contributed by atoms with Crippen LogP contribution in [0.25, 0.3) is 11.0 Å². The van der Waals surface area contributed by atoms with Crippen molar-refractivity contribution in [3.63, 3.8) is 0 Å². The second-order valence-electron chi connectivity index (χ2n) is 11.3. The number of rotatable bonds is 23. The van der Waals surface area contributed by atoms with Crippen molar-refractivity contribution in [2.45, 2.75) is 149 Å². The molecule has 0 spiro atoms. The molecule has 0 amide bonds. The quantitative estimate of drug-likeness (QED) is 0.0805. The highest BCUT2D eigenvalue weighted by atomic mass is 16.4. The van der Waals surface area contributed by atoms with E-state index in [0.717, 1.165) is 12.1 Å². The molecule has 0 radical (unpaired) electrons. The van der Waals surface area contributed by atoms with E-state index in [2.05, 4.69) is 18.8 Å². The Morgan fingerprint density at radius 3 is 1.65 bits per heavy atom. The number of hydrogen-bond acceptors (Lipinski definition) is 4. The third kappa shape index (κ3) is 12.3. The minimum atomic E-state index is -1.59. The van der Waals surface area contributed by atoms with Crippen LogP contribution in [-0.2, 0) is 6.54 Å². The van der Waals surface area contributed by atoms with Crippen molar-refractivity contribution in [1.29, 1.82) is 0 Å². The van der Waals surface area contributed by atoms with Crippen LogP contribution < -0.4 is 11.5 Å². The van der Waals surface area contributed by atoms with Crippen LogP contribution in [0.15, 0.2) is 18.2 Å². The lowest BCUT2D eigenvalue weighted by Crippen LogP contribution is -2.39. The van der Waals surface area contributed by atoms with Gasteiger partial charge in [0.25, 0.3) is 0 Å². The van der Waals surface area contributed by atoms with Crippen LogP contribution in [0.4, 0.5) is 5.69 Å². The summed E-state index contributed by atoms with van der Waals surface area (Å²) >= 11 is 0. The molecule has 0 fully saturated rings. The number of aromatic nitrogens is 2. The number of fused-ring (bicyclic) bond motifs is 1. The van der Waals surface area contributed by atoms with Gasteiger partial charge in [0, 0.05) is 6.54 Å². The molecule has 1 aromatic heterocycles. The molecule has 210 valence electrons. The Hall–Kier alpha value is -1.53. The van der Waals surface area contributed by atoms with Gasteiger partial charge in [-0.25, -0.2) is 4.98 Å². The lowest BCUT2D eigenvalue weighted by atomic mass is 9.89. The fourth-order valence-electron chi connectivity index (χ4n) is 5.65. The van der Waals surface area contributed by atoms with Crippen molar-refractivity contribution in [2.75, 3.05) is 5.73 Å². The van der Waals surface area contributed by atoms with Gasteiger partial charge in [-0.2, -0.15) is 0 Å². The van der Waals surface area contributed by atoms with Crippen LogP contribution >= 0.6 is 0 Å². The summed E-state index contributed by atoms with van der Waals surface area (Å²) in [4.78, 5) is 4.50. The summed E-state index contributed by atoms with van der Waals surface area (Å²) in [5, 5.41) is 20.1. The minimum Gasteiger partial charge on any atom is -0.421 e. The molecule has 0 bridgehead atoms. The first-order valence-corrected chi connectivity index (χ1v) is 15.7. The lowest BCUT2D eigenvalue weighted by Gasteiger charge is -2.20. The van der Waals surface area contributed by atoms with Gasteiger partial charge in [0.1, 0.15) is 11.2 Å². The first kappa shape index (κ1) is 31.7. The molecule has 37 heavy (non-hydrogen) atoms. The number of nitrogens with two attached hydrogens (primary N) is 1. The summed E-state index contributed by atoms with van der Waals surface area (Å²) in [6.45, 7) is 5.33. The molecule has 4 N–H and O–H groups in total. The van der Waals surface area contributed by atoms with Gasteiger partial charge in [-0.15, -0.1) is 0 Å². The van der Waals surface area contributed by atoms with Gasteiger partial charge in [0.15, 0.2) is 0 Å². The zero-order chi connectivity index (χ0) is 26.7. The molecule has 1 heterocycles. The van der Waals surface area contributed by atoms with Crippen LogP contribution in [0.1, 0.15) is 142 Å². The van der Waals surface area contributed by atoms with Crippen molar-refractivity contribution >= 4 is 29.6 Å². The molecule has 0 aliphatic carbocycles. The molecule has 0 aliphatic heterocycles. The van der Waals surface area contributed by atoms with Gasteiger partial charge >= 0.3 is 7.12 Å². The van der Waals surface area contributed by atoms with Crippen LogP contribution in [0.5, 0.6) is 0 Å². The summed E-state index contributed by atoms with van der Waals surface area (Å²) in [7, 11) is -1.59. The Morgan fingerprint density at radius 2 is 1.19 bits per heavy atom. The molecule has 0 aliphatic rings. The Balaban J connectivity index is 1.88. The maximum absolute atomic E-state index is 10.0. The SMILES string of the molecule is CCCCCCCCCCCCC(CCCCCCCCCC)Cn1c(B(O)O)nc2c(N)cccc21. The summed E-state index contributed by atoms with van der Waals surface area (Å²) in [6, 6.07) is 5.76. The molecule has 6 heteroatoms. The molecule has 2 rings (SSSR count). The van der Waals surface area contributed by atoms with Crippen molar-refractivity contribution in [3.05, 3.63) is 18.2 Å². The Labute approximate surface area is 227 Å². The van der Waals surface area contributed by atoms with E-state index in [1.807, 2.05) is 22.8 Å². The highest BCUT2D eigenvalue weighted by molar-refractivity contribution is 6.57. The van der Waals surface area contributed by atoms with Gasteiger partial charge in [-0.05, 0) is 30.9 Å². The Bertz CT molecular complexity index is 839. The molecular weight excluding hydrogens is 457 g/mol. The fraction of sp³-hybridized carbons (Fsp3) is 0.774. The van der Waals surface area contributed by atoms with Crippen LogP contribution in [-0.4, -0.2) is 26.7 Å². The molecule has 5 nitrogen and oxygen atoms in total. The second-order valence-corrected chi connectivity index (χ2v) is 11.3. The Kier molecular flexibility index (Phi) is 16.7. The topological polar surface area (TPSA) is 84.3 Å². The average molecular weight is 514 g/mol. The number of benzene rings is 1. The fourth-order valence-corrected chi connectivity index (χ4v) is 5.65. The van der Waals surface area contributed by atoms with Gasteiger partial charge in [0.05, 0.1) is 11.2 Å². The van der Waals surface area contributed by atoms with E-state index < -0.39 is 7.12 Å². The zero-order valence-electron chi connectivity index (χ0n) is 24.1. The average Bonchev–Trinajstić information content (AvgIpc) is 3.26. The van der Waals surface area contributed by atoms with E-state index in [0.29, 0.717) is 22.8 Å². The van der Waals surface area contributed by atoms with E-state index in [1.165, 1.54) is 128 Å². The van der Waals surface area contributed by atoms with E-state index >= 15 is 0 Å². The third-order valence-corrected chi connectivity index (χ3v) is 7.94. The van der Waals surface area contributed by atoms with Gasteiger partial charge < -0.3 is 20.3 Å². The van der Waals surface area contributed by atoms with Gasteiger partial charge in [-0.3, -0.25) is 0 Å². The maximum atomic E-state index is 10.0. The normalized spacial score (nSPS) is 12.4. The molecule has 1 aromatic carbocycles. The second kappa shape index (κ2) is 19.5. The Morgan fingerprint density at radius 1 is 0.730 bits per heavy atom. The van der Waals surface area contributed by atoms with Crippen molar-refractivity contribution in [3.8, 4) is 0 Å². The summed E-state index contributed by atoms with van der Waals surface area (Å²) in [5.74, 6) is 0.519. The minimum absolute atomic E-state index is 0.317. The van der Waals surface area contributed by atoms with Crippen LogP contribution in [0.3, 0.4) is 0 Å². The van der Waals surface area contributed by atoms with Crippen molar-refractivity contribution in [1.82, 2.24) is 9.55 Å². The van der Waals surface area contributed by atoms with Crippen molar-refractivity contribution < 1.29 is 10.0 Å². The predicted molar refractivity (Wildman–Crippen MR) is 161 cm³/mol. The van der Waals surface area contributed by atoms with E-state index in [4.69, 9.17) is 5.73 Å². The first-order valence-electron chi connectivity index (χ1n) is 15.7. The summed E-state index contributed by atoms with van der Waals surface area (Å²) in [6.07, 6.45) is 26.6. The highest BCUT2D eigenvalue weighted by Crippen LogP contribution is 2.25. The van der Waals surface area contributed by atoms with E-state index in [9.17, 15) is 10.0 Å². The number of hydrogen-bond donors (Lipinski definition) is 3. The standard InChI is InChI=1S/C31H56BN3O2/c1-3-5-7-9-11-13-14-16-18-20-23-27(22-19-17-15-12-10-8-6-4-2)26-35-29-25-21-24-28(33)30(29)34-31(35)32(36)37/h21,24-25,27,36-37H,3-20,22-23,26,33H2,1-2H3. The molecule has 0 saturated heterocycles. The lowest BCUT2D eigenvalue weighted by molar-refractivity contribution is 0.358. The van der Waals surface area contributed by atoms with E-state index in [-0.39, 0.29) is 0 Å². The van der Waals surface area contributed by atoms with Gasteiger partial charge in [0.2, 0.25) is 0 Å². The number of nitrogen functional groups attached to an aromatic ring is 1. The first-order chi connectivity index (χ1) is 18.1. The number of anilines is 1. The van der Waals surface area contributed by atoms with E-state index in [1.54, 1.807) is 0 Å². The number of para-hydroxylation sites is 1. The number of nitrogens with zero attached hydrogens (tertiary/aromatic N) is 2. The summed E-state index contributed by atoms with van der Waals surface area (Å²) in [5.41, 5.74) is 8.65. The molecular formula is C31H56BN3O2. The van der Waals surface area contributed by atoms with Gasteiger partial charge in [-0.1, -0.05) is 135 Å². The molecule has 1 unspecified atom stereocenters. The van der Waals surface area contributed by atoms with Crippen LogP contribution in [0.2, 0.25) is 0 Å². The monoisotopic (exact) mass is 513 g/mol.